The number of fused-ring (bicyclic) bond motifs is 1. The lowest BCUT2D eigenvalue weighted by molar-refractivity contribution is -0.119. The second kappa shape index (κ2) is 0.996. The lowest BCUT2D eigenvalue weighted by atomic mass is 9.71. The van der Waals surface area contributed by atoms with Crippen molar-refractivity contribution in [1.82, 2.24) is 0 Å². The summed E-state index contributed by atoms with van der Waals surface area (Å²) in [5.74, 6) is 1.01. The van der Waals surface area contributed by atoms with Crippen LogP contribution < -0.4 is 0 Å². The topological polar surface area (TPSA) is 17.1 Å². The maximum atomic E-state index is 10.8. The highest BCUT2D eigenvalue weighted by Crippen LogP contribution is 2.56. The van der Waals surface area contributed by atoms with Gasteiger partial charge in [-0.25, -0.2) is 0 Å². The van der Waals surface area contributed by atoms with Gasteiger partial charge in [-0.15, -0.1) is 0 Å². The Morgan fingerprint density at radius 1 is 1.62 bits per heavy atom. The van der Waals surface area contributed by atoms with Gasteiger partial charge in [0.2, 0.25) is 0 Å². The van der Waals surface area contributed by atoms with Gasteiger partial charge in [-0.1, -0.05) is 6.92 Å². The van der Waals surface area contributed by atoms with Crippen LogP contribution in [0.4, 0.5) is 0 Å². The molecule has 0 unspecified atom stereocenters. The zero-order valence-corrected chi connectivity index (χ0v) is 5.11. The molecule has 44 valence electrons. The van der Waals surface area contributed by atoms with Crippen LogP contribution in [0.5, 0.6) is 0 Å². The van der Waals surface area contributed by atoms with E-state index in [9.17, 15) is 4.79 Å². The zero-order valence-electron chi connectivity index (χ0n) is 5.11. The molecule has 0 aliphatic heterocycles. The van der Waals surface area contributed by atoms with Gasteiger partial charge in [-0.3, -0.25) is 4.79 Å². The zero-order chi connectivity index (χ0) is 5.78. The first-order valence-corrected chi connectivity index (χ1v) is 3.22. The van der Waals surface area contributed by atoms with Crippen LogP contribution >= 0.6 is 0 Å². The van der Waals surface area contributed by atoms with Crippen molar-refractivity contribution < 1.29 is 4.79 Å². The molecule has 3 fully saturated rings. The van der Waals surface area contributed by atoms with Gasteiger partial charge in [-0.05, 0) is 18.3 Å². The van der Waals surface area contributed by atoms with Gasteiger partial charge in [0.25, 0.3) is 0 Å². The molecule has 3 aliphatic carbocycles. The maximum Gasteiger partial charge on any atom is 0.136 e. The van der Waals surface area contributed by atoms with Crippen LogP contribution in [0.25, 0.3) is 0 Å². The van der Waals surface area contributed by atoms with Crippen molar-refractivity contribution in [3.63, 3.8) is 0 Å². The molecule has 0 saturated heterocycles. The standard InChI is InChI=1S/C7H10O/c1-7-2-5(3-7)6(8)4-7/h5H,2-4H2,1H3. The van der Waals surface area contributed by atoms with Gasteiger partial charge in [-0.2, -0.15) is 0 Å². The van der Waals surface area contributed by atoms with E-state index < -0.39 is 0 Å². The summed E-state index contributed by atoms with van der Waals surface area (Å²) in [4.78, 5) is 10.8. The summed E-state index contributed by atoms with van der Waals surface area (Å²) in [7, 11) is 0. The largest absolute Gasteiger partial charge is 0.299 e. The number of hydrogen-bond donors (Lipinski definition) is 0. The van der Waals surface area contributed by atoms with Gasteiger partial charge in [0.1, 0.15) is 5.78 Å². The second-order valence-electron chi connectivity index (χ2n) is 3.56. The molecule has 1 heteroatoms. The normalized spacial score (nSPS) is 51.6. The van der Waals surface area contributed by atoms with Gasteiger partial charge in [0.05, 0.1) is 0 Å². The summed E-state index contributed by atoms with van der Waals surface area (Å²) in [6.07, 6.45) is 3.25. The van der Waals surface area contributed by atoms with E-state index in [2.05, 4.69) is 6.92 Å². The summed E-state index contributed by atoms with van der Waals surface area (Å²) in [6.45, 7) is 2.22. The Kier molecular flexibility index (Phi) is 0.565. The monoisotopic (exact) mass is 110 g/mol. The first-order valence-electron chi connectivity index (χ1n) is 3.22. The number of Topliss-reactive ketones (excluding diaryl/α,β-unsaturated/α-hetero) is 1. The molecule has 2 bridgehead atoms. The third kappa shape index (κ3) is 0.355. The number of rotatable bonds is 0. The summed E-state index contributed by atoms with van der Waals surface area (Å²) in [5.41, 5.74) is 0.460. The molecular formula is C7H10O. The highest BCUT2D eigenvalue weighted by molar-refractivity contribution is 5.87. The molecule has 0 spiro atoms. The summed E-state index contributed by atoms with van der Waals surface area (Å²) < 4.78 is 0. The van der Waals surface area contributed by atoms with Crippen molar-refractivity contribution in [2.75, 3.05) is 0 Å². The minimum absolute atomic E-state index is 0.460. The lowest BCUT2D eigenvalue weighted by Gasteiger charge is -2.32. The van der Waals surface area contributed by atoms with Gasteiger partial charge >= 0.3 is 0 Å². The first-order chi connectivity index (χ1) is 3.70. The van der Waals surface area contributed by atoms with E-state index in [1.165, 1.54) is 12.8 Å². The molecule has 0 aromatic rings. The number of ketones is 1. The fourth-order valence-electron chi connectivity index (χ4n) is 2.07. The Labute approximate surface area is 49.1 Å². The van der Waals surface area contributed by atoms with Crippen molar-refractivity contribution in [2.45, 2.75) is 26.2 Å². The van der Waals surface area contributed by atoms with Crippen molar-refractivity contribution >= 4 is 5.78 Å². The van der Waals surface area contributed by atoms with Crippen LogP contribution in [-0.4, -0.2) is 5.78 Å². The van der Waals surface area contributed by atoms with Gasteiger partial charge in [0, 0.05) is 12.3 Å². The van der Waals surface area contributed by atoms with Crippen molar-refractivity contribution in [1.29, 1.82) is 0 Å². The Morgan fingerprint density at radius 3 is 2.38 bits per heavy atom. The summed E-state index contributed by atoms with van der Waals surface area (Å²) in [5, 5.41) is 0. The van der Waals surface area contributed by atoms with Crippen LogP contribution in [0, 0.1) is 11.3 Å². The van der Waals surface area contributed by atoms with Crippen LogP contribution in [-0.2, 0) is 4.79 Å². The first kappa shape index (κ1) is 4.54. The maximum absolute atomic E-state index is 10.8. The average Bonchev–Trinajstić information content (AvgIpc) is 1.88. The Morgan fingerprint density at radius 2 is 2.25 bits per heavy atom. The van der Waals surface area contributed by atoms with Gasteiger partial charge in [0.15, 0.2) is 0 Å². The molecule has 3 rings (SSSR count). The molecule has 0 N–H and O–H groups in total. The van der Waals surface area contributed by atoms with Crippen molar-refractivity contribution in [3.05, 3.63) is 0 Å². The summed E-state index contributed by atoms with van der Waals surface area (Å²) >= 11 is 0. The average molecular weight is 110 g/mol. The van der Waals surface area contributed by atoms with Crippen LogP contribution in [0.3, 0.4) is 0 Å². The van der Waals surface area contributed by atoms with Crippen LogP contribution in [0.2, 0.25) is 0 Å². The third-order valence-corrected chi connectivity index (χ3v) is 2.53. The van der Waals surface area contributed by atoms with E-state index in [1.54, 1.807) is 0 Å². The number of carbonyl (C=O) groups excluding carboxylic acids is 1. The van der Waals surface area contributed by atoms with Crippen molar-refractivity contribution in [3.8, 4) is 0 Å². The number of hydrogen-bond acceptors (Lipinski definition) is 1. The third-order valence-electron chi connectivity index (χ3n) is 2.53. The lowest BCUT2D eigenvalue weighted by Crippen LogP contribution is -2.24. The summed E-state index contributed by atoms with van der Waals surface area (Å²) in [6, 6.07) is 0. The van der Waals surface area contributed by atoms with Gasteiger partial charge < -0.3 is 0 Å². The fraction of sp³-hybridized carbons (Fsp3) is 0.857. The fourth-order valence-corrected chi connectivity index (χ4v) is 2.07. The molecule has 0 heterocycles. The Balaban J connectivity index is 2.28. The van der Waals surface area contributed by atoms with E-state index in [0.717, 1.165) is 6.42 Å². The predicted molar refractivity (Wildman–Crippen MR) is 30.5 cm³/mol. The van der Waals surface area contributed by atoms with E-state index in [-0.39, 0.29) is 0 Å². The molecule has 0 aromatic heterocycles. The van der Waals surface area contributed by atoms with Crippen molar-refractivity contribution in [2.24, 2.45) is 11.3 Å². The minimum Gasteiger partial charge on any atom is -0.299 e. The van der Waals surface area contributed by atoms with Crippen LogP contribution in [0.1, 0.15) is 26.2 Å². The predicted octanol–water partition coefficient (Wildman–Crippen LogP) is 1.38. The smallest absolute Gasteiger partial charge is 0.136 e. The number of carbonyl (C=O) groups is 1. The van der Waals surface area contributed by atoms with E-state index in [0.29, 0.717) is 17.1 Å². The van der Waals surface area contributed by atoms with E-state index in [1.807, 2.05) is 0 Å². The minimum atomic E-state index is 0.460. The molecule has 0 amide bonds. The molecule has 0 atom stereocenters. The molecule has 3 aliphatic rings. The SMILES string of the molecule is CC12CC(=O)C(C1)C2. The molecule has 3 saturated carbocycles. The highest BCUT2D eigenvalue weighted by atomic mass is 16.1. The molecule has 8 heavy (non-hydrogen) atoms. The molecule has 0 radical (unpaired) electrons. The molecule has 0 aromatic carbocycles. The Hall–Kier alpha value is -0.330. The second-order valence-corrected chi connectivity index (χ2v) is 3.56. The quantitative estimate of drug-likeness (QED) is 0.460. The highest BCUT2D eigenvalue weighted by Gasteiger charge is 2.52. The van der Waals surface area contributed by atoms with Crippen LogP contribution in [0.15, 0.2) is 0 Å². The van der Waals surface area contributed by atoms with E-state index >= 15 is 0 Å². The molecule has 1 nitrogen and oxygen atoms in total. The Bertz CT molecular complexity index is 142. The molecular weight excluding hydrogens is 100 g/mol. The van der Waals surface area contributed by atoms with E-state index in [4.69, 9.17) is 0 Å².